The van der Waals surface area contributed by atoms with Gasteiger partial charge in [0.15, 0.2) is 4.33 Å². The number of nitrogens with one attached hydrogen (secondary N) is 1. The zero-order valence-electron chi connectivity index (χ0n) is 13.3. The van der Waals surface area contributed by atoms with Crippen molar-refractivity contribution in [1.82, 2.24) is 0 Å². The lowest BCUT2D eigenvalue weighted by atomic mass is 9.81. The zero-order valence-corrected chi connectivity index (χ0v) is 18.6. The van der Waals surface area contributed by atoms with Crippen LogP contribution in [0.25, 0.3) is 0 Å². The predicted molar refractivity (Wildman–Crippen MR) is 110 cm³/mol. The molecule has 2 aliphatic rings. The summed E-state index contributed by atoms with van der Waals surface area (Å²) in [6.07, 6.45) is 0. The van der Waals surface area contributed by atoms with Crippen molar-refractivity contribution >= 4 is 98.8 Å². The first-order valence-corrected chi connectivity index (χ1v) is 10.1. The van der Waals surface area contributed by atoms with Crippen LogP contribution >= 0.6 is 81.2 Å². The van der Waals surface area contributed by atoms with E-state index in [1.165, 1.54) is 6.07 Å². The number of alkyl halides is 4. The van der Waals surface area contributed by atoms with Crippen molar-refractivity contribution in [2.45, 2.75) is 21.0 Å². The van der Waals surface area contributed by atoms with Crippen LogP contribution in [0.15, 0.2) is 28.3 Å². The third kappa shape index (κ3) is 2.64. The van der Waals surface area contributed by atoms with Crippen molar-refractivity contribution < 1.29 is 14.7 Å². The number of aryl methyl sites for hydroxylation is 1. The Hall–Kier alpha value is -0.0700. The zero-order chi connectivity index (χ0) is 20.5. The monoisotopic (exact) mass is 509 g/mol. The van der Waals surface area contributed by atoms with Crippen LogP contribution in [0.5, 0.6) is 0 Å². The van der Waals surface area contributed by atoms with Crippen LogP contribution in [0.1, 0.15) is 5.56 Å². The van der Waals surface area contributed by atoms with Crippen molar-refractivity contribution in [3.63, 3.8) is 0 Å². The van der Waals surface area contributed by atoms with E-state index in [2.05, 4.69) is 5.32 Å². The van der Waals surface area contributed by atoms with Gasteiger partial charge in [0.05, 0.1) is 21.9 Å². The van der Waals surface area contributed by atoms with Crippen LogP contribution in [0, 0.1) is 18.8 Å². The Labute approximate surface area is 189 Å². The van der Waals surface area contributed by atoms with Gasteiger partial charge < -0.3 is 10.4 Å². The molecule has 1 aromatic carbocycles. The van der Waals surface area contributed by atoms with Gasteiger partial charge in [-0.05, 0) is 24.6 Å². The van der Waals surface area contributed by atoms with Gasteiger partial charge in [0, 0.05) is 10.7 Å². The van der Waals surface area contributed by atoms with Crippen molar-refractivity contribution in [2.24, 2.45) is 11.8 Å². The first-order chi connectivity index (χ1) is 12.3. The maximum Gasteiger partial charge on any atom is 0.309 e. The van der Waals surface area contributed by atoms with Crippen molar-refractivity contribution in [3.05, 3.63) is 38.8 Å². The predicted octanol–water partition coefficient (Wildman–Crippen LogP) is 5.75. The van der Waals surface area contributed by atoms with Crippen LogP contribution in [0.2, 0.25) is 5.02 Å². The molecule has 1 amide bonds. The molecule has 11 heteroatoms. The molecule has 146 valence electrons. The molecule has 1 aromatic rings. The first kappa shape index (κ1) is 21.6. The molecule has 4 nitrogen and oxygen atoms in total. The highest BCUT2D eigenvalue weighted by molar-refractivity contribution is 6.66. The minimum atomic E-state index is -2.15. The van der Waals surface area contributed by atoms with Gasteiger partial charge in [0.25, 0.3) is 0 Å². The Morgan fingerprint density at radius 3 is 2.00 bits per heavy atom. The molecular formula is C16H10Cl7NO3. The minimum absolute atomic E-state index is 0.259. The Morgan fingerprint density at radius 1 is 1.00 bits per heavy atom. The molecule has 2 aliphatic carbocycles. The number of benzene rings is 1. The number of amides is 1. The highest BCUT2D eigenvalue weighted by atomic mass is 35.5. The summed E-state index contributed by atoms with van der Waals surface area (Å²) in [5, 5.41) is 12.2. The number of carbonyl (C=O) groups excluding carboxylic acids is 1. The number of rotatable bonds is 3. The number of fused-ring (bicyclic) bond motifs is 2. The normalized spacial score (nSPS) is 34.1. The average Bonchev–Trinajstić information content (AvgIpc) is 2.78. The number of allylic oxidation sites excluding steroid dienone is 2. The summed E-state index contributed by atoms with van der Waals surface area (Å²) < 4.78 is -2.15. The number of aliphatic carboxylic acids is 1. The van der Waals surface area contributed by atoms with E-state index in [1.807, 2.05) is 0 Å². The summed E-state index contributed by atoms with van der Waals surface area (Å²) in [4.78, 5) is 20.9. The van der Waals surface area contributed by atoms with Gasteiger partial charge in [0.1, 0.15) is 9.75 Å². The molecule has 4 atom stereocenters. The second kappa shape index (κ2) is 6.73. The van der Waals surface area contributed by atoms with E-state index < -0.39 is 37.8 Å². The van der Waals surface area contributed by atoms with Gasteiger partial charge in [-0.3, -0.25) is 9.59 Å². The topological polar surface area (TPSA) is 66.4 Å². The second-order valence-corrected chi connectivity index (χ2v) is 10.1. The van der Waals surface area contributed by atoms with E-state index in [1.54, 1.807) is 19.1 Å². The molecule has 2 bridgehead atoms. The molecule has 1 fully saturated rings. The summed E-state index contributed by atoms with van der Waals surface area (Å²) in [7, 11) is 0. The fraction of sp³-hybridized carbons (Fsp3) is 0.375. The smallest absolute Gasteiger partial charge is 0.309 e. The number of hydrogen-bond donors (Lipinski definition) is 2. The summed E-state index contributed by atoms with van der Waals surface area (Å²) in [5.74, 6) is -5.35. The highest BCUT2D eigenvalue weighted by Crippen LogP contribution is 2.76. The van der Waals surface area contributed by atoms with Crippen molar-refractivity contribution in [2.75, 3.05) is 5.32 Å². The van der Waals surface area contributed by atoms with Crippen LogP contribution in [-0.2, 0) is 9.59 Å². The molecule has 0 aliphatic heterocycles. The largest absolute Gasteiger partial charge is 0.481 e. The molecular weight excluding hydrogens is 502 g/mol. The Kier molecular flexibility index (Phi) is 5.39. The number of halogens is 7. The van der Waals surface area contributed by atoms with Gasteiger partial charge in [0.2, 0.25) is 5.91 Å². The molecule has 0 saturated heterocycles. The van der Waals surface area contributed by atoms with E-state index in [9.17, 15) is 14.7 Å². The van der Waals surface area contributed by atoms with Crippen LogP contribution in [-0.4, -0.2) is 31.1 Å². The van der Waals surface area contributed by atoms with E-state index in [0.717, 1.165) is 5.56 Å². The minimum Gasteiger partial charge on any atom is -0.481 e. The summed E-state index contributed by atoms with van der Waals surface area (Å²) in [6.45, 7) is 1.79. The molecule has 2 N–H and O–H groups in total. The lowest BCUT2D eigenvalue weighted by molar-refractivity contribution is -0.146. The van der Waals surface area contributed by atoms with Gasteiger partial charge in [-0.1, -0.05) is 64.1 Å². The highest BCUT2D eigenvalue weighted by Gasteiger charge is 2.85. The van der Waals surface area contributed by atoms with Gasteiger partial charge in [-0.2, -0.15) is 0 Å². The molecule has 0 radical (unpaired) electrons. The van der Waals surface area contributed by atoms with Crippen LogP contribution in [0.4, 0.5) is 5.69 Å². The first-order valence-electron chi connectivity index (χ1n) is 7.43. The Bertz CT molecular complexity index is 902. The van der Waals surface area contributed by atoms with Gasteiger partial charge in [-0.25, -0.2) is 0 Å². The number of carbonyl (C=O) groups is 2. The summed E-state index contributed by atoms with van der Waals surface area (Å²) in [6, 6.07) is 4.79. The molecule has 0 aromatic heterocycles. The van der Waals surface area contributed by atoms with E-state index >= 15 is 0 Å². The lowest BCUT2D eigenvalue weighted by Crippen LogP contribution is -2.47. The van der Waals surface area contributed by atoms with Gasteiger partial charge in [-0.15, -0.1) is 23.2 Å². The fourth-order valence-corrected chi connectivity index (χ4v) is 6.63. The third-order valence-electron chi connectivity index (χ3n) is 4.92. The molecule has 3 rings (SSSR count). The SMILES string of the molecule is Cc1ccc(NC(=O)[C@H]2[C@H](C(=O)O)[C@@]3(Cl)C(Cl)=C(Cl)[C@@]2(Cl)C3(Cl)Cl)cc1Cl. The summed E-state index contributed by atoms with van der Waals surface area (Å²) >= 11 is 44.1. The second-order valence-electron chi connectivity index (χ2n) is 6.37. The number of hydrogen-bond acceptors (Lipinski definition) is 2. The third-order valence-corrected chi connectivity index (χ3v) is 9.59. The molecule has 1 saturated carbocycles. The van der Waals surface area contributed by atoms with E-state index in [-0.39, 0.29) is 10.1 Å². The number of carboxylic acid groups (broad SMARTS) is 1. The maximum absolute atomic E-state index is 13.0. The average molecular weight is 512 g/mol. The number of anilines is 1. The summed E-state index contributed by atoms with van der Waals surface area (Å²) in [5.41, 5.74) is 1.12. The Morgan fingerprint density at radius 2 is 1.52 bits per heavy atom. The number of carboxylic acids is 1. The quantitative estimate of drug-likeness (QED) is 0.507. The standard InChI is InChI=1S/C16H10Cl7NO3/c1-5-2-3-6(4-7(5)17)24-12(25)8-9(13(26)27)15(21)11(19)10(18)14(8,20)16(15,22)23/h2-4,8-9H,1H3,(H,24,25)(H,26,27)/t8-,9-,14-,15-/m1/s1. The van der Waals surface area contributed by atoms with Crippen LogP contribution in [0.3, 0.4) is 0 Å². The fourth-order valence-electron chi connectivity index (χ4n) is 3.52. The molecule has 0 spiro atoms. The lowest BCUT2D eigenvalue weighted by Gasteiger charge is -2.33. The Balaban J connectivity index is 2.10. The van der Waals surface area contributed by atoms with Gasteiger partial charge >= 0.3 is 5.97 Å². The van der Waals surface area contributed by atoms with Crippen molar-refractivity contribution in [3.8, 4) is 0 Å². The molecule has 0 heterocycles. The van der Waals surface area contributed by atoms with E-state index in [0.29, 0.717) is 10.7 Å². The molecule has 27 heavy (non-hydrogen) atoms. The van der Waals surface area contributed by atoms with E-state index in [4.69, 9.17) is 81.2 Å². The maximum atomic E-state index is 13.0. The molecule has 0 unspecified atom stereocenters. The van der Waals surface area contributed by atoms with Crippen molar-refractivity contribution in [1.29, 1.82) is 0 Å². The van der Waals surface area contributed by atoms with Crippen LogP contribution < -0.4 is 5.32 Å².